The Morgan fingerprint density at radius 3 is 1.94 bits per heavy atom. The van der Waals surface area contributed by atoms with Gasteiger partial charge >= 0.3 is 0 Å². The summed E-state index contributed by atoms with van der Waals surface area (Å²) in [5, 5.41) is 14.8. The molecule has 2 amide bonds. The molecule has 0 spiro atoms. The van der Waals surface area contributed by atoms with E-state index in [9.17, 15) is 9.59 Å². The van der Waals surface area contributed by atoms with Gasteiger partial charge in [-0.25, -0.2) is 0 Å². The normalized spacial score (nSPS) is 14.4. The van der Waals surface area contributed by atoms with Crippen molar-refractivity contribution in [1.29, 1.82) is 5.41 Å². The topological polar surface area (TPSA) is 85.3 Å². The van der Waals surface area contributed by atoms with Crippen LogP contribution in [-0.2, 0) is 23.4 Å². The Morgan fingerprint density at radius 1 is 0.778 bits per heavy atom. The Labute approximate surface area is 210 Å². The van der Waals surface area contributed by atoms with Crippen LogP contribution in [0, 0.1) is 5.41 Å². The molecule has 1 aliphatic heterocycles. The van der Waals surface area contributed by atoms with Crippen LogP contribution in [0.3, 0.4) is 0 Å². The summed E-state index contributed by atoms with van der Waals surface area (Å²) in [5.41, 5.74) is 2.63. The van der Waals surface area contributed by atoms with Crippen LogP contribution in [0.1, 0.15) is 32.6 Å². The predicted octanol–water partition coefficient (Wildman–Crippen LogP) is 4.43. The van der Waals surface area contributed by atoms with Crippen LogP contribution in [0.5, 0.6) is 0 Å². The molecule has 0 bridgehead atoms. The third-order valence-corrected chi connectivity index (χ3v) is 6.38. The second kappa shape index (κ2) is 9.88. The number of benzene rings is 4. The first-order chi connectivity index (χ1) is 17.6. The van der Waals surface area contributed by atoms with Crippen molar-refractivity contribution < 1.29 is 9.59 Å². The third kappa shape index (κ3) is 4.36. The summed E-state index contributed by atoms with van der Waals surface area (Å²) < 4.78 is 0. The molecular formula is C30H26N4O2. The van der Waals surface area contributed by atoms with Crippen LogP contribution < -0.4 is 10.6 Å². The molecule has 0 saturated carbocycles. The summed E-state index contributed by atoms with van der Waals surface area (Å²) >= 11 is 0. The van der Waals surface area contributed by atoms with Gasteiger partial charge in [-0.15, -0.1) is 0 Å². The molecule has 178 valence electrons. The molecule has 1 aliphatic rings. The summed E-state index contributed by atoms with van der Waals surface area (Å²) in [7, 11) is 0. The zero-order valence-corrected chi connectivity index (χ0v) is 19.6. The van der Waals surface area contributed by atoms with Crippen LogP contribution in [0.4, 0.5) is 0 Å². The highest BCUT2D eigenvalue weighted by Gasteiger charge is 2.52. The molecule has 0 atom stereocenters. The first-order valence-electron chi connectivity index (χ1n) is 11.8. The fourth-order valence-corrected chi connectivity index (χ4v) is 4.56. The average Bonchev–Trinajstić information content (AvgIpc) is 3.19. The van der Waals surface area contributed by atoms with E-state index in [0.29, 0.717) is 12.1 Å². The number of carbonyl (C=O) groups is 2. The predicted molar refractivity (Wildman–Crippen MR) is 139 cm³/mol. The van der Waals surface area contributed by atoms with Gasteiger partial charge in [-0.1, -0.05) is 103 Å². The van der Waals surface area contributed by atoms with Crippen LogP contribution in [0.15, 0.2) is 115 Å². The Kier molecular flexibility index (Phi) is 6.33. The van der Waals surface area contributed by atoms with E-state index in [2.05, 4.69) is 10.6 Å². The molecule has 6 nitrogen and oxygen atoms in total. The highest BCUT2D eigenvalue weighted by atomic mass is 16.2. The first kappa shape index (κ1) is 23.1. The van der Waals surface area contributed by atoms with Gasteiger partial charge < -0.3 is 10.6 Å². The molecule has 1 heterocycles. The number of carbonyl (C=O) groups excluding carboxylic acids is 2. The summed E-state index contributed by atoms with van der Waals surface area (Å²) in [6.45, 7) is 0.603. The summed E-state index contributed by atoms with van der Waals surface area (Å²) in [4.78, 5) is 28.2. The SMILES string of the molecule is N=C1NC(c2ccccc2)(c2ccccc2)C(=O)N1Cc1cccc(C(=O)NCc2ccccc2)c1. The van der Waals surface area contributed by atoms with Crippen LogP contribution >= 0.6 is 0 Å². The first-order valence-corrected chi connectivity index (χ1v) is 11.8. The van der Waals surface area contributed by atoms with Gasteiger partial charge in [0.2, 0.25) is 0 Å². The van der Waals surface area contributed by atoms with Gasteiger partial charge in [0.15, 0.2) is 11.5 Å². The molecule has 0 radical (unpaired) electrons. The quantitative estimate of drug-likeness (QED) is 0.371. The van der Waals surface area contributed by atoms with E-state index in [-0.39, 0.29) is 24.3 Å². The smallest absolute Gasteiger partial charge is 0.264 e. The molecular weight excluding hydrogens is 448 g/mol. The fraction of sp³-hybridized carbons (Fsp3) is 0.100. The lowest BCUT2D eigenvalue weighted by Crippen LogP contribution is -2.45. The molecule has 1 saturated heterocycles. The summed E-state index contributed by atoms with van der Waals surface area (Å²) in [6, 6.07) is 35.8. The fourth-order valence-electron chi connectivity index (χ4n) is 4.56. The average molecular weight is 475 g/mol. The van der Waals surface area contributed by atoms with Gasteiger partial charge in [0.25, 0.3) is 11.8 Å². The molecule has 4 aromatic rings. The number of nitrogens with one attached hydrogen (secondary N) is 3. The number of hydrogen-bond acceptors (Lipinski definition) is 3. The van der Waals surface area contributed by atoms with Crippen molar-refractivity contribution >= 4 is 17.8 Å². The number of guanidine groups is 1. The van der Waals surface area contributed by atoms with Gasteiger partial charge in [-0.05, 0) is 34.4 Å². The molecule has 0 unspecified atom stereocenters. The lowest BCUT2D eigenvalue weighted by molar-refractivity contribution is -0.130. The second-order valence-corrected chi connectivity index (χ2v) is 8.72. The Bertz CT molecular complexity index is 1350. The monoisotopic (exact) mass is 474 g/mol. The van der Waals surface area contributed by atoms with Crippen molar-refractivity contribution in [2.24, 2.45) is 0 Å². The molecule has 5 rings (SSSR count). The maximum absolute atomic E-state index is 14.0. The lowest BCUT2D eigenvalue weighted by Gasteiger charge is -2.28. The van der Waals surface area contributed by atoms with E-state index in [1.807, 2.05) is 97.1 Å². The molecule has 36 heavy (non-hydrogen) atoms. The van der Waals surface area contributed by atoms with Crippen molar-refractivity contribution in [2.75, 3.05) is 0 Å². The molecule has 0 aliphatic carbocycles. The lowest BCUT2D eigenvalue weighted by atomic mass is 9.82. The van der Waals surface area contributed by atoms with Crippen molar-refractivity contribution in [3.63, 3.8) is 0 Å². The molecule has 1 fully saturated rings. The Balaban J connectivity index is 1.39. The minimum Gasteiger partial charge on any atom is -0.348 e. The van der Waals surface area contributed by atoms with Crippen molar-refractivity contribution in [1.82, 2.24) is 15.5 Å². The van der Waals surface area contributed by atoms with E-state index in [4.69, 9.17) is 5.41 Å². The van der Waals surface area contributed by atoms with Crippen LogP contribution in [0.2, 0.25) is 0 Å². The zero-order valence-electron chi connectivity index (χ0n) is 19.6. The Hall–Kier alpha value is -4.71. The largest absolute Gasteiger partial charge is 0.348 e. The maximum atomic E-state index is 14.0. The van der Waals surface area contributed by atoms with E-state index in [1.165, 1.54) is 4.90 Å². The van der Waals surface area contributed by atoms with Gasteiger partial charge in [0.05, 0.1) is 6.54 Å². The minimum absolute atomic E-state index is 0.0200. The van der Waals surface area contributed by atoms with Gasteiger partial charge in [-0.2, -0.15) is 0 Å². The van der Waals surface area contributed by atoms with E-state index >= 15 is 0 Å². The van der Waals surface area contributed by atoms with E-state index in [1.54, 1.807) is 18.2 Å². The summed E-state index contributed by atoms with van der Waals surface area (Å²) in [5.74, 6) is -0.403. The molecule has 0 aromatic heterocycles. The third-order valence-electron chi connectivity index (χ3n) is 6.38. The van der Waals surface area contributed by atoms with E-state index in [0.717, 1.165) is 22.3 Å². The van der Waals surface area contributed by atoms with Gasteiger partial charge in [0, 0.05) is 12.1 Å². The Morgan fingerprint density at radius 2 is 1.33 bits per heavy atom. The highest BCUT2D eigenvalue weighted by molar-refractivity contribution is 6.10. The van der Waals surface area contributed by atoms with Gasteiger partial charge in [-0.3, -0.25) is 19.9 Å². The standard InChI is InChI=1S/C30H26N4O2/c31-29-33-30(25-15-6-2-7-16-25,26-17-8-3-9-18-26)28(36)34(29)21-23-13-10-14-24(19-23)27(35)32-20-22-11-4-1-5-12-22/h1-19H,20-21H2,(H2,31,33)(H,32,35). The molecule has 3 N–H and O–H groups in total. The van der Waals surface area contributed by atoms with Crippen molar-refractivity contribution in [3.8, 4) is 0 Å². The van der Waals surface area contributed by atoms with Crippen molar-refractivity contribution in [2.45, 2.75) is 18.6 Å². The molecule has 6 heteroatoms. The second-order valence-electron chi connectivity index (χ2n) is 8.72. The zero-order chi connectivity index (χ0) is 25.0. The number of rotatable bonds is 7. The molecule has 4 aromatic carbocycles. The van der Waals surface area contributed by atoms with Crippen LogP contribution in [0.25, 0.3) is 0 Å². The number of nitrogens with zero attached hydrogens (tertiary/aromatic N) is 1. The number of amides is 2. The van der Waals surface area contributed by atoms with Gasteiger partial charge in [0.1, 0.15) is 0 Å². The maximum Gasteiger partial charge on any atom is 0.264 e. The van der Waals surface area contributed by atoms with Crippen LogP contribution in [-0.4, -0.2) is 22.7 Å². The summed E-state index contributed by atoms with van der Waals surface area (Å²) in [6.07, 6.45) is 0. The van der Waals surface area contributed by atoms with Crippen molar-refractivity contribution in [3.05, 3.63) is 143 Å². The minimum atomic E-state index is -1.19. The highest BCUT2D eigenvalue weighted by Crippen LogP contribution is 2.36. The van der Waals surface area contributed by atoms with E-state index < -0.39 is 5.54 Å². The number of hydrogen-bond donors (Lipinski definition) is 3.